The van der Waals surface area contributed by atoms with Crippen LogP contribution in [0.1, 0.15) is 27.8 Å². The zero-order chi connectivity index (χ0) is 41.8. The van der Waals surface area contributed by atoms with Crippen LogP contribution in [0.2, 0.25) is 0 Å². The third kappa shape index (κ3) is 9.78. The monoisotopic (exact) mass is 794 g/mol. The summed E-state index contributed by atoms with van der Waals surface area (Å²) in [6.07, 6.45) is 0. The molecule has 0 saturated heterocycles. The number of nitro benzene ring substituents is 1. The number of hydrogen-bond acceptors (Lipinski definition) is 12. The van der Waals surface area contributed by atoms with Crippen molar-refractivity contribution in [3.8, 4) is 17.2 Å². The second-order valence-corrected chi connectivity index (χ2v) is 13.5. The maximum Gasteiger partial charge on any atom is 0.296 e. The molecule has 0 aliphatic carbocycles. The Labute approximate surface area is 343 Å². The molecule has 0 aromatic heterocycles. The zero-order valence-corrected chi connectivity index (χ0v) is 33.6. The molecule has 0 aliphatic rings. The van der Waals surface area contributed by atoms with E-state index >= 15 is 0 Å². The largest absolute Gasteiger partial charge is 0.497 e. The predicted octanol–water partition coefficient (Wildman–Crippen LogP) is 10.9. The Morgan fingerprint density at radius 1 is 0.644 bits per heavy atom. The number of aliphatic hydroxyl groups excluding tert-OH is 1. The predicted molar refractivity (Wildman–Crippen MR) is 228 cm³/mol. The molecule has 13 heteroatoms. The van der Waals surface area contributed by atoms with Crippen molar-refractivity contribution in [3.05, 3.63) is 171 Å². The molecule has 0 fully saturated rings. The molecule has 59 heavy (non-hydrogen) atoms. The molecule has 13 nitrogen and oxygen atoms in total. The van der Waals surface area contributed by atoms with Gasteiger partial charge in [0.1, 0.15) is 28.5 Å². The van der Waals surface area contributed by atoms with Gasteiger partial charge in [-0.1, -0.05) is 60.7 Å². The molecule has 6 aromatic carbocycles. The minimum Gasteiger partial charge on any atom is -0.497 e. The van der Waals surface area contributed by atoms with Gasteiger partial charge in [0.05, 0.1) is 50.8 Å². The second kappa shape index (κ2) is 19.5. The van der Waals surface area contributed by atoms with Gasteiger partial charge in [0.25, 0.3) is 5.69 Å². The summed E-state index contributed by atoms with van der Waals surface area (Å²) in [7, 11) is 4.80. The van der Waals surface area contributed by atoms with Crippen molar-refractivity contribution in [3.63, 3.8) is 0 Å². The number of nitrogens with zero attached hydrogens (tertiary/aromatic N) is 6. The molecule has 0 heterocycles. The lowest BCUT2D eigenvalue weighted by atomic mass is 9.80. The standard InChI is InChI=1S/C46H46N6O7/c1-32-11-24-41(44(29-32)52(54)55)48-49-42-31-45(58-5)43(30-33(42)2)50-47-37-16-18-38(19-17-37)51(25-27-53)26-28-59-46(34-9-7-6-8-10-34,35-12-20-39(56-3)21-13-35)36-14-22-40(57-4)23-15-36/h6-24,29-31,53H,25-28H2,1-5H3. The number of benzene rings is 6. The van der Waals surface area contributed by atoms with E-state index in [0.717, 1.165) is 45.0 Å². The highest BCUT2D eigenvalue weighted by Gasteiger charge is 2.38. The molecule has 0 amide bonds. The highest BCUT2D eigenvalue weighted by atomic mass is 16.6. The van der Waals surface area contributed by atoms with E-state index < -0.39 is 10.5 Å². The summed E-state index contributed by atoms with van der Waals surface area (Å²) in [5.74, 6) is 1.89. The molecule has 0 aliphatic heterocycles. The summed E-state index contributed by atoms with van der Waals surface area (Å²) in [5.41, 5.74) is 5.77. The number of azo groups is 2. The van der Waals surface area contributed by atoms with Crippen LogP contribution in [-0.2, 0) is 10.3 Å². The number of anilines is 1. The van der Waals surface area contributed by atoms with Gasteiger partial charge >= 0.3 is 0 Å². The van der Waals surface area contributed by atoms with Gasteiger partial charge in [0, 0.05) is 30.9 Å². The van der Waals surface area contributed by atoms with Crippen molar-refractivity contribution in [1.29, 1.82) is 0 Å². The van der Waals surface area contributed by atoms with Crippen LogP contribution in [0.4, 0.5) is 34.1 Å². The summed E-state index contributed by atoms with van der Waals surface area (Å²) < 4.78 is 23.6. The third-order valence-electron chi connectivity index (χ3n) is 9.80. The summed E-state index contributed by atoms with van der Waals surface area (Å²) >= 11 is 0. The Morgan fingerprint density at radius 3 is 1.81 bits per heavy atom. The number of nitro groups is 1. The molecule has 0 radical (unpaired) electrons. The zero-order valence-electron chi connectivity index (χ0n) is 33.6. The minimum absolute atomic E-state index is 0.0567. The van der Waals surface area contributed by atoms with Gasteiger partial charge in [0.2, 0.25) is 0 Å². The fourth-order valence-electron chi connectivity index (χ4n) is 6.70. The fourth-order valence-corrected chi connectivity index (χ4v) is 6.70. The van der Waals surface area contributed by atoms with E-state index in [2.05, 4.69) is 37.5 Å². The molecular formula is C46H46N6O7. The Kier molecular flexibility index (Phi) is 13.7. The van der Waals surface area contributed by atoms with Crippen molar-refractivity contribution in [2.75, 3.05) is 52.5 Å². The van der Waals surface area contributed by atoms with Gasteiger partial charge in [-0.15, -0.1) is 15.3 Å². The van der Waals surface area contributed by atoms with Crippen LogP contribution in [0.5, 0.6) is 17.2 Å². The van der Waals surface area contributed by atoms with Crippen molar-refractivity contribution in [2.45, 2.75) is 19.4 Å². The van der Waals surface area contributed by atoms with E-state index in [0.29, 0.717) is 42.5 Å². The van der Waals surface area contributed by atoms with E-state index in [-0.39, 0.29) is 18.0 Å². The van der Waals surface area contributed by atoms with Gasteiger partial charge in [-0.2, -0.15) is 5.11 Å². The second-order valence-electron chi connectivity index (χ2n) is 13.5. The van der Waals surface area contributed by atoms with Crippen LogP contribution in [0.25, 0.3) is 0 Å². The van der Waals surface area contributed by atoms with Gasteiger partial charge in [-0.25, -0.2) is 0 Å². The van der Waals surface area contributed by atoms with Crippen molar-refractivity contribution >= 4 is 34.1 Å². The van der Waals surface area contributed by atoms with Crippen LogP contribution in [-0.4, -0.2) is 57.7 Å². The first-order valence-electron chi connectivity index (χ1n) is 18.9. The molecule has 1 N–H and O–H groups in total. The lowest BCUT2D eigenvalue weighted by Gasteiger charge is -2.37. The van der Waals surface area contributed by atoms with Gasteiger partial charge < -0.3 is 29.0 Å². The van der Waals surface area contributed by atoms with E-state index in [1.54, 1.807) is 45.4 Å². The Morgan fingerprint density at radius 2 is 1.24 bits per heavy atom. The molecule has 0 saturated carbocycles. The molecule has 0 atom stereocenters. The Balaban J connectivity index is 1.21. The van der Waals surface area contributed by atoms with Gasteiger partial charge in [0.15, 0.2) is 5.69 Å². The highest BCUT2D eigenvalue weighted by molar-refractivity contribution is 5.64. The molecule has 0 unspecified atom stereocenters. The lowest BCUT2D eigenvalue weighted by Crippen LogP contribution is -2.37. The summed E-state index contributed by atoms with van der Waals surface area (Å²) in [6, 6.07) is 41.7. The summed E-state index contributed by atoms with van der Waals surface area (Å²) in [6.45, 7) is 4.72. The molecule has 0 spiro atoms. The fraction of sp³-hybridized carbons (Fsp3) is 0.217. The lowest BCUT2D eigenvalue weighted by molar-refractivity contribution is -0.384. The Hall–Kier alpha value is -6.96. The van der Waals surface area contributed by atoms with Crippen LogP contribution in [0.3, 0.4) is 0 Å². The first-order valence-corrected chi connectivity index (χ1v) is 18.9. The van der Waals surface area contributed by atoms with Crippen LogP contribution < -0.4 is 19.1 Å². The normalized spacial score (nSPS) is 11.6. The van der Waals surface area contributed by atoms with Crippen molar-refractivity contribution in [1.82, 2.24) is 0 Å². The first-order chi connectivity index (χ1) is 28.7. The van der Waals surface area contributed by atoms with E-state index in [9.17, 15) is 15.2 Å². The number of methoxy groups -OCH3 is 3. The number of aryl methyl sites for hydroxylation is 2. The summed E-state index contributed by atoms with van der Waals surface area (Å²) in [4.78, 5) is 13.1. The molecule has 6 rings (SSSR count). The topological polar surface area (TPSA) is 153 Å². The highest BCUT2D eigenvalue weighted by Crippen LogP contribution is 2.42. The van der Waals surface area contributed by atoms with Gasteiger partial charge in [-0.3, -0.25) is 10.1 Å². The average Bonchev–Trinajstić information content (AvgIpc) is 3.27. The number of rotatable bonds is 18. The summed E-state index contributed by atoms with van der Waals surface area (Å²) in [5, 5.41) is 39.0. The maximum absolute atomic E-state index is 11.5. The Bertz CT molecular complexity index is 2340. The van der Waals surface area contributed by atoms with Crippen LogP contribution >= 0.6 is 0 Å². The van der Waals surface area contributed by atoms with Gasteiger partial charge in [-0.05, 0) is 102 Å². The maximum atomic E-state index is 11.5. The number of ether oxygens (including phenoxy) is 4. The minimum atomic E-state index is -0.975. The molecular weight excluding hydrogens is 749 g/mol. The number of aliphatic hydroxyl groups is 1. The quantitative estimate of drug-likeness (QED) is 0.0390. The van der Waals surface area contributed by atoms with Crippen molar-refractivity contribution < 1.29 is 29.0 Å². The van der Waals surface area contributed by atoms with Crippen LogP contribution in [0.15, 0.2) is 154 Å². The molecule has 6 aromatic rings. The molecule has 0 bridgehead atoms. The smallest absolute Gasteiger partial charge is 0.296 e. The third-order valence-corrected chi connectivity index (χ3v) is 9.80. The van der Waals surface area contributed by atoms with Crippen molar-refractivity contribution in [2.24, 2.45) is 20.5 Å². The molecule has 302 valence electrons. The van der Waals surface area contributed by atoms with E-state index in [4.69, 9.17) is 18.9 Å². The van der Waals surface area contributed by atoms with E-state index in [1.165, 1.54) is 13.2 Å². The first kappa shape index (κ1) is 41.7. The average molecular weight is 795 g/mol. The van der Waals surface area contributed by atoms with E-state index in [1.807, 2.05) is 97.9 Å². The van der Waals surface area contributed by atoms with Crippen LogP contribution in [0, 0.1) is 24.0 Å². The number of hydrogen-bond donors (Lipinski definition) is 1. The SMILES string of the molecule is COc1ccc(C(OCCN(CCO)c2ccc(N=Nc3cc(C)c(N=Nc4ccc(C)cc4[N+](=O)[O-])cc3OC)cc2)(c2ccccc2)c2ccc(OC)cc2)cc1.